The minimum Gasteiger partial charge on any atom is -0.550 e. The van der Waals surface area contributed by atoms with E-state index in [-0.39, 0.29) is 6.42 Å². The minimum absolute atomic E-state index is 0.156. The summed E-state index contributed by atoms with van der Waals surface area (Å²) in [5, 5.41) is 16.0. The number of aromatic nitrogens is 1. The highest BCUT2D eigenvalue weighted by Gasteiger charge is 2.03. The first-order valence-corrected chi connectivity index (χ1v) is 7.51. The zero-order valence-electron chi connectivity index (χ0n) is 12.0. The van der Waals surface area contributed by atoms with Gasteiger partial charge in [-0.1, -0.05) is 17.7 Å². The van der Waals surface area contributed by atoms with Gasteiger partial charge < -0.3 is 20.0 Å². The number of carbonyl (C=O) groups excluding carboxylic acids is 1. The zero-order valence-corrected chi connectivity index (χ0v) is 12.8. The molecule has 0 amide bonds. The van der Waals surface area contributed by atoms with Gasteiger partial charge in [0.05, 0.1) is 12.2 Å². The van der Waals surface area contributed by atoms with Gasteiger partial charge in [0.15, 0.2) is 5.13 Å². The molecule has 0 aliphatic carbocycles. The highest BCUT2D eigenvalue weighted by Crippen LogP contribution is 2.19. The minimum atomic E-state index is -1.12. The van der Waals surface area contributed by atoms with Crippen molar-refractivity contribution in [3.05, 3.63) is 40.4 Å². The molecule has 1 aromatic heterocycles. The van der Waals surface area contributed by atoms with Crippen molar-refractivity contribution in [2.45, 2.75) is 20.3 Å². The molecule has 0 aliphatic rings. The highest BCUT2D eigenvalue weighted by atomic mass is 32.1. The smallest absolute Gasteiger partial charge is 0.182 e. The first-order valence-electron chi connectivity index (χ1n) is 6.63. The summed E-state index contributed by atoms with van der Waals surface area (Å²) in [7, 11) is 0. The average Bonchev–Trinajstić information content (AvgIpc) is 2.83. The number of nitrogens with zero attached hydrogens (tertiary/aromatic N) is 1. The van der Waals surface area contributed by atoms with Crippen LogP contribution in [-0.2, 0) is 11.2 Å². The lowest BCUT2D eigenvalue weighted by Crippen LogP contribution is -2.24. The van der Waals surface area contributed by atoms with Crippen LogP contribution in [0, 0.1) is 13.8 Å². The fraction of sp³-hybridized carbons (Fsp3) is 0.333. The maximum absolute atomic E-state index is 10.5. The van der Waals surface area contributed by atoms with Crippen LogP contribution < -0.4 is 15.2 Å². The molecular weight excluding hydrogens is 288 g/mol. The predicted octanol–water partition coefficient (Wildman–Crippen LogP) is 1.54. The van der Waals surface area contributed by atoms with Crippen LogP contribution in [0.4, 0.5) is 5.13 Å². The fourth-order valence-electron chi connectivity index (χ4n) is 1.90. The summed E-state index contributed by atoms with van der Waals surface area (Å²) < 4.78 is 5.70. The molecule has 0 atom stereocenters. The summed E-state index contributed by atoms with van der Waals surface area (Å²) in [6, 6.07) is 6.06. The average molecular weight is 305 g/mol. The molecule has 0 saturated carbocycles. The molecule has 0 saturated heterocycles. The monoisotopic (exact) mass is 305 g/mol. The highest BCUT2D eigenvalue weighted by molar-refractivity contribution is 7.13. The number of ether oxygens (including phenoxy) is 1. The van der Waals surface area contributed by atoms with Gasteiger partial charge in [0, 0.05) is 17.8 Å². The van der Waals surface area contributed by atoms with Gasteiger partial charge in [0.1, 0.15) is 12.4 Å². The third kappa shape index (κ3) is 4.75. The Labute approximate surface area is 127 Å². The molecule has 21 heavy (non-hydrogen) atoms. The molecule has 0 unspecified atom stereocenters. The van der Waals surface area contributed by atoms with E-state index < -0.39 is 5.97 Å². The molecule has 0 fully saturated rings. The summed E-state index contributed by atoms with van der Waals surface area (Å²) >= 11 is 1.37. The maximum atomic E-state index is 10.5. The Hall–Kier alpha value is -2.08. The quantitative estimate of drug-likeness (QED) is 0.786. The summed E-state index contributed by atoms with van der Waals surface area (Å²) in [5.74, 6) is -0.246. The molecule has 5 nitrogen and oxygen atoms in total. The van der Waals surface area contributed by atoms with Crippen molar-refractivity contribution in [2.75, 3.05) is 18.5 Å². The topological polar surface area (TPSA) is 74.3 Å². The van der Waals surface area contributed by atoms with E-state index in [1.165, 1.54) is 16.9 Å². The number of carboxylic acid groups (broad SMARTS) is 1. The predicted molar refractivity (Wildman–Crippen MR) is 80.7 cm³/mol. The number of hydrogen-bond acceptors (Lipinski definition) is 6. The molecule has 0 spiro atoms. The summed E-state index contributed by atoms with van der Waals surface area (Å²) in [6.07, 6.45) is -0.156. The van der Waals surface area contributed by atoms with E-state index in [9.17, 15) is 9.90 Å². The molecule has 0 aliphatic heterocycles. The number of aliphatic carboxylic acids is 1. The molecule has 2 aromatic rings. The van der Waals surface area contributed by atoms with Crippen molar-refractivity contribution in [1.29, 1.82) is 0 Å². The number of anilines is 1. The Morgan fingerprint density at radius 2 is 2.24 bits per heavy atom. The lowest BCUT2D eigenvalue weighted by atomic mass is 10.1. The van der Waals surface area contributed by atoms with Crippen LogP contribution in [0.1, 0.15) is 16.8 Å². The number of thiazole rings is 1. The normalized spacial score (nSPS) is 10.4. The van der Waals surface area contributed by atoms with Crippen LogP contribution in [0.2, 0.25) is 0 Å². The second-order valence-corrected chi connectivity index (χ2v) is 5.60. The van der Waals surface area contributed by atoms with Crippen LogP contribution in [0.25, 0.3) is 0 Å². The number of nitrogens with one attached hydrogen (secondary N) is 1. The number of rotatable bonds is 7. The van der Waals surface area contributed by atoms with Crippen LogP contribution in [0.3, 0.4) is 0 Å². The zero-order chi connectivity index (χ0) is 15.2. The van der Waals surface area contributed by atoms with Gasteiger partial charge in [-0.3, -0.25) is 0 Å². The SMILES string of the molecule is Cc1ccc(OCCNc2nc(CC(=O)[O-])cs2)c(C)c1. The van der Waals surface area contributed by atoms with Crippen LogP contribution in [0.5, 0.6) is 5.75 Å². The Bertz CT molecular complexity index is 625. The number of benzene rings is 1. The van der Waals surface area contributed by atoms with Gasteiger partial charge in [-0.25, -0.2) is 4.98 Å². The van der Waals surface area contributed by atoms with Crippen LogP contribution >= 0.6 is 11.3 Å². The van der Waals surface area contributed by atoms with E-state index in [0.717, 1.165) is 11.3 Å². The lowest BCUT2D eigenvalue weighted by molar-refractivity contribution is -0.304. The molecule has 1 aromatic carbocycles. The number of carbonyl (C=O) groups is 1. The van der Waals surface area contributed by atoms with Gasteiger partial charge in [0.2, 0.25) is 0 Å². The Morgan fingerprint density at radius 1 is 1.43 bits per heavy atom. The van der Waals surface area contributed by atoms with E-state index >= 15 is 0 Å². The number of aryl methyl sites for hydroxylation is 2. The van der Waals surface area contributed by atoms with Crippen molar-refractivity contribution in [3.8, 4) is 5.75 Å². The van der Waals surface area contributed by atoms with E-state index in [1.54, 1.807) is 5.38 Å². The molecule has 1 heterocycles. The van der Waals surface area contributed by atoms with Gasteiger partial charge >= 0.3 is 0 Å². The van der Waals surface area contributed by atoms with Crippen molar-refractivity contribution in [2.24, 2.45) is 0 Å². The lowest BCUT2D eigenvalue weighted by Gasteiger charge is -2.10. The summed E-state index contributed by atoms with van der Waals surface area (Å²) in [6.45, 7) is 5.18. The Balaban J connectivity index is 1.76. The van der Waals surface area contributed by atoms with Crippen LogP contribution in [-0.4, -0.2) is 24.1 Å². The van der Waals surface area contributed by atoms with Gasteiger partial charge in [-0.2, -0.15) is 0 Å². The molecule has 0 bridgehead atoms. The largest absolute Gasteiger partial charge is 0.550 e. The standard InChI is InChI=1S/C15H18N2O3S/c1-10-3-4-13(11(2)7-10)20-6-5-16-15-17-12(9-21-15)8-14(18)19/h3-4,7,9H,5-6,8H2,1-2H3,(H,16,17)(H,18,19)/p-1. The van der Waals surface area contributed by atoms with Gasteiger partial charge in [-0.15, -0.1) is 11.3 Å². The Kier molecular flexibility index (Phi) is 5.16. The molecule has 2 rings (SSSR count). The molecule has 0 radical (unpaired) electrons. The molecular formula is C15H17N2O3S-. The second kappa shape index (κ2) is 7.08. The van der Waals surface area contributed by atoms with Crippen molar-refractivity contribution < 1.29 is 14.6 Å². The van der Waals surface area contributed by atoms with Crippen molar-refractivity contribution in [3.63, 3.8) is 0 Å². The van der Waals surface area contributed by atoms with Crippen molar-refractivity contribution >= 4 is 22.4 Å². The van der Waals surface area contributed by atoms with Crippen LogP contribution in [0.15, 0.2) is 23.6 Å². The first-order chi connectivity index (χ1) is 10.0. The fourth-order valence-corrected chi connectivity index (χ4v) is 2.64. The Morgan fingerprint density at radius 3 is 2.95 bits per heavy atom. The maximum Gasteiger partial charge on any atom is 0.182 e. The molecule has 6 heteroatoms. The molecule has 1 N–H and O–H groups in total. The second-order valence-electron chi connectivity index (χ2n) is 4.74. The number of carboxylic acids is 1. The van der Waals surface area contributed by atoms with Crippen molar-refractivity contribution in [1.82, 2.24) is 4.98 Å². The first kappa shape index (κ1) is 15.3. The third-order valence-electron chi connectivity index (χ3n) is 2.84. The number of hydrogen-bond donors (Lipinski definition) is 1. The van der Waals surface area contributed by atoms with Gasteiger partial charge in [-0.05, 0) is 25.5 Å². The summed E-state index contributed by atoms with van der Waals surface area (Å²) in [5.41, 5.74) is 2.83. The summed E-state index contributed by atoms with van der Waals surface area (Å²) in [4.78, 5) is 14.6. The van der Waals surface area contributed by atoms with Gasteiger partial charge in [0.25, 0.3) is 0 Å². The van der Waals surface area contributed by atoms with E-state index in [2.05, 4.69) is 16.4 Å². The van der Waals surface area contributed by atoms with E-state index in [0.29, 0.717) is 24.0 Å². The van der Waals surface area contributed by atoms with E-state index in [4.69, 9.17) is 4.74 Å². The van der Waals surface area contributed by atoms with E-state index in [1.807, 2.05) is 26.0 Å². The molecule has 112 valence electrons. The third-order valence-corrected chi connectivity index (χ3v) is 3.69.